The van der Waals surface area contributed by atoms with Gasteiger partial charge in [-0.05, 0) is 18.9 Å². The summed E-state index contributed by atoms with van der Waals surface area (Å²) in [5.74, 6) is -0.178. The van der Waals surface area contributed by atoms with Crippen molar-refractivity contribution < 1.29 is 17.9 Å². The molecule has 0 spiro atoms. The Kier molecular flexibility index (Phi) is 4.94. The van der Waals surface area contributed by atoms with Crippen molar-refractivity contribution in [2.75, 3.05) is 32.5 Å². The van der Waals surface area contributed by atoms with Gasteiger partial charge in [0, 0.05) is 26.2 Å². The number of aryl methyl sites for hydroxylation is 1. The molecule has 2 fully saturated rings. The molecule has 132 valence electrons. The largest absolute Gasteiger partial charge is 0.374 e. The van der Waals surface area contributed by atoms with Crippen LogP contribution in [0.15, 0.2) is 24.3 Å². The maximum Gasteiger partial charge on any atom is 0.228 e. The average Bonchev–Trinajstić information content (AvgIpc) is 2.66. The average molecular weight is 352 g/mol. The van der Waals surface area contributed by atoms with Crippen LogP contribution in [0.1, 0.15) is 17.5 Å². The number of ether oxygens (including phenoxy) is 1. The van der Waals surface area contributed by atoms with Crippen LogP contribution in [0.5, 0.6) is 0 Å². The minimum atomic E-state index is -3.24. The Labute approximate surface area is 143 Å². The molecule has 2 aliphatic rings. The molecule has 0 bridgehead atoms. The van der Waals surface area contributed by atoms with Crippen molar-refractivity contribution in [1.82, 2.24) is 9.21 Å². The number of hydrogen-bond acceptors (Lipinski definition) is 4. The van der Waals surface area contributed by atoms with Gasteiger partial charge in [-0.3, -0.25) is 4.79 Å². The van der Waals surface area contributed by atoms with Crippen LogP contribution in [-0.4, -0.2) is 62.1 Å². The Morgan fingerprint density at radius 1 is 1.29 bits per heavy atom. The van der Waals surface area contributed by atoms with Gasteiger partial charge in [-0.1, -0.05) is 29.8 Å². The van der Waals surface area contributed by atoms with Crippen molar-refractivity contribution in [2.24, 2.45) is 5.92 Å². The second kappa shape index (κ2) is 6.82. The van der Waals surface area contributed by atoms with E-state index in [4.69, 9.17) is 4.74 Å². The van der Waals surface area contributed by atoms with Gasteiger partial charge in [0.1, 0.15) is 0 Å². The first-order valence-electron chi connectivity index (χ1n) is 8.25. The van der Waals surface area contributed by atoms with Crippen molar-refractivity contribution in [3.05, 3.63) is 35.4 Å². The van der Waals surface area contributed by atoms with Crippen LogP contribution < -0.4 is 0 Å². The number of rotatable bonds is 3. The van der Waals surface area contributed by atoms with Crippen molar-refractivity contribution in [1.29, 1.82) is 0 Å². The van der Waals surface area contributed by atoms with Crippen LogP contribution in [0, 0.1) is 12.8 Å². The van der Waals surface area contributed by atoms with Crippen molar-refractivity contribution in [3.63, 3.8) is 0 Å². The minimum Gasteiger partial charge on any atom is -0.374 e. The molecule has 1 aromatic rings. The molecule has 0 aromatic heterocycles. The molecule has 2 aliphatic heterocycles. The second-order valence-electron chi connectivity index (χ2n) is 6.67. The zero-order valence-corrected chi connectivity index (χ0v) is 15.0. The van der Waals surface area contributed by atoms with E-state index in [-0.39, 0.29) is 24.5 Å². The summed E-state index contributed by atoms with van der Waals surface area (Å²) in [4.78, 5) is 14.7. The third-order valence-electron chi connectivity index (χ3n) is 4.77. The van der Waals surface area contributed by atoms with E-state index >= 15 is 0 Å². The predicted octanol–water partition coefficient (Wildman–Crippen LogP) is 1.00. The summed E-state index contributed by atoms with van der Waals surface area (Å²) in [5.41, 5.74) is 2.28. The van der Waals surface area contributed by atoms with Gasteiger partial charge in [-0.25, -0.2) is 8.42 Å². The zero-order chi connectivity index (χ0) is 17.3. The maximum atomic E-state index is 12.9. The highest BCUT2D eigenvalue weighted by Gasteiger charge is 2.41. The summed E-state index contributed by atoms with van der Waals surface area (Å²) >= 11 is 0. The SMILES string of the molecule is Cc1cccc(CN2CCO[C@H]3CN(S(C)(=O)=O)CC[C@H]3C2=O)c1. The van der Waals surface area contributed by atoms with Crippen LogP contribution in [0.25, 0.3) is 0 Å². The van der Waals surface area contributed by atoms with Crippen LogP contribution in [0.2, 0.25) is 0 Å². The molecular weight excluding hydrogens is 328 g/mol. The molecule has 0 aliphatic carbocycles. The molecule has 1 amide bonds. The fourth-order valence-corrected chi connectivity index (χ4v) is 4.34. The molecule has 2 atom stereocenters. The van der Waals surface area contributed by atoms with E-state index in [0.29, 0.717) is 32.7 Å². The number of carbonyl (C=O) groups is 1. The first kappa shape index (κ1) is 17.4. The van der Waals surface area contributed by atoms with E-state index in [0.717, 1.165) is 5.56 Å². The summed E-state index contributed by atoms with van der Waals surface area (Å²) in [6.07, 6.45) is 1.38. The first-order chi connectivity index (χ1) is 11.3. The summed E-state index contributed by atoms with van der Waals surface area (Å²) < 4.78 is 30.7. The first-order valence-corrected chi connectivity index (χ1v) is 10.1. The lowest BCUT2D eigenvalue weighted by molar-refractivity contribution is -0.138. The Bertz CT molecular complexity index is 719. The lowest BCUT2D eigenvalue weighted by Gasteiger charge is -2.35. The molecule has 3 rings (SSSR count). The Hall–Kier alpha value is -1.44. The standard InChI is InChI=1S/C17H24N2O4S/c1-13-4-3-5-14(10-13)11-18-8-9-23-16-12-19(24(2,21)22)7-6-15(16)17(18)20/h3-5,10,15-16H,6-9,11-12H2,1-2H3/t15-,16+/m1/s1. The summed E-state index contributed by atoms with van der Waals surface area (Å²) in [6.45, 7) is 4.24. The number of carbonyl (C=O) groups excluding carboxylic acids is 1. The van der Waals surface area contributed by atoms with Gasteiger partial charge in [-0.2, -0.15) is 4.31 Å². The van der Waals surface area contributed by atoms with E-state index in [9.17, 15) is 13.2 Å². The van der Waals surface area contributed by atoms with E-state index < -0.39 is 10.0 Å². The Balaban J connectivity index is 1.72. The summed E-state index contributed by atoms with van der Waals surface area (Å²) in [7, 11) is -3.24. The highest BCUT2D eigenvalue weighted by atomic mass is 32.2. The molecule has 0 saturated carbocycles. The summed E-state index contributed by atoms with van der Waals surface area (Å²) in [6, 6.07) is 8.14. The lowest BCUT2D eigenvalue weighted by atomic mass is 9.93. The Morgan fingerprint density at radius 2 is 2.08 bits per heavy atom. The van der Waals surface area contributed by atoms with Crippen LogP contribution in [-0.2, 0) is 26.1 Å². The fourth-order valence-electron chi connectivity index (χ4n) is 3.49. The normalized spacial score (nSPS) is 26.1. The monoisotopic (exact) mass is 352 g/mol. The molecule has 1 aromatic carbocycles. The molecule has 2 saturated heterocycles. The van der Waals surface area contributed by atoms with Crippen LogP contribution >= 0.6 is 0 Å². The number of benzene rings is 1. The molecule has 2 heterocycles. The maximum absolute atomic E-state index is 12.9. The number of amides is 1. The number of fused-ring (bicyclic) bond motifs is 1. The molecule has 0 unspecified atom stereocenters. The Morgan fingerprint density at radius 3 is 2.79 bits per heavy atom. The molecule has 7 heteroatoms. The van der Waals surface area contributed by atoms with Crippen molar-refractivity contribution in [3.8, 4) is 0 Å². The van der Waals surface area contributed by atoms with Crippen LogP contribution in [0.4, 0.5) is 0 Å². The summed E-state index contributed by atoms with van der Waals surface area (Å²) in [5, 5.41) is 0. The number of nitrogens with zero attached hydrogens (tertiary/aromatic N) is 2. The van der Waals surface area contributed by atoms with Gasteiger partial charge in [0.2, 0.25) is 15.9 Å². The number of piperidine rings is 1. The zero-order valence-electron chi connectivity index (χ0n) is 14.1. The second-order valence-corrected chi connectivity index (χ2v) is 8.66. The topological polar surface area (TPSA) is 66.9 Å². The predicted molar refractivity (Wildman–Crippen MR) is 90.9 cm³/mol. The van der Waals surface area contributed by atoms with Gasteiger partial charge in [0.05, 0.1) is 24.9 Å². The highest BCUT2D eigenvalue weighted by molar-refractivity contribution is 7.88. The van der Waals surface area contributed by atoms with Crippen molar-refractivity contribution in [2.45, 2.75) is 26.0 Å². The highest BCUT2D eigenvalue weighted by Crippen LogP contribution is 2.27. The van der Waals surface area contributed by atoms with Gasteiger partial charge in [0.15, 0.2) is 0 Å². The molecule has 6 nitrogen and oxygen atoms in total. The quantitative estimate of drug-likeness (QED) is 0.814. The number of hydrogen-bond donors (Lipinski definition) is 0. The lowest BCUT2D eigenvalue weighted by Crippen LogP contribution is -2.50. The van der Waals surface area contributed by atoms with Crippen molar-refractivity contribution >= 4 is 15.9 Å². The molecular formula is C17H24N2O4S. The van der Waals surface area contributed by atoms with Gasteiger partial charge in [0.25, 0.3) is 0 Å². The van der Waals surface area contributed by atoms with Gasteiger partial charge >= 0.3 is 0 Å². The van der Waals surface area contributed by atoms with E-state index in [2.05, 4.69) is 6.07 Å². The number of sulfonamides is 1. The van der Waals surface area contributed by atoms with Gasteiger partial charge < -0.3 is 9.64 Å². The smallest absolute Gasteiger partial charge is 0.228 e. The molecule has 0 radical (unpaired) electrons. The molecule has 0 N–H and O–H groups in total. The fraction of sp³-hybridized carbons (Fsp3) is 0.588. The van der Waals surface area contributed by atoms with E-state index in [1.54, 1.807) is 0 Å². The molecule has 24 heavy (non-hydrogen) atoms. The third-order valence-corrected chi connectivity index (χ3v) is 6.04. The van der Waals surface area contributed by atoms with Crippen LogP contribution in [0.3, 0.4) is 0 Å². The minimum absolute atomic E-state index is 0.0761. The van der Waals surface area contributed by atoms with E-state index in [1.165, 1.54) is 16.1 Å². The van der Waals surface area contributed by atoms with Gasteiger partial charge in [-0.15, -0.1) is 0 Å². The third kappa shape index (κ3) is 3.79. The van der Waals surface area contributed by atoms with E-state index in [1.807, 2.05) is 30.0 Å².